The van der Waals surface area contributed by atoms with Crippen LogP contribution in [0.2, 0.25) is 0 Å². The lowest BCUT2D eigenvalue weighted by Gasteiger charge is -2.20. The van der Waals surface area contributed by atoms with Gasteiger partial charge in [0.2, 0.25) is 10.0 Å². The monoisotopic (exact) mass is 388 g/mol. The summed E-state index contributed by atoms with van der Waals surface area (Å²) in [4.78, 5) is 2.24. The van der Waals surface area contributed by atoms with Crippen molar-refractivity contribution in [3.8, 4) is 5.75 Å². The largest absolute Gasteiger partial charge is 0.495 e. The van der Waals surface area contributed by atoms with E-state index in [2.05, 4.69) is 10.6 Å². The van der Waals surface area contributed by atoms with Crippen molar-refractivity contribution < 1.29 is 13.2 Å². The molecule has 0 unspecified atom stereocenters. The lowest BCUT2D eigenvalue weighted by atomic mass is 10.3. The number of rotatable bonds is 9. The van der Waals surface area contributed by atoms with E-state index in [4.69, 9.17) is 17.0 Å². The molecular formula is C16H28N4O3S2. The Balaban J connectivity index is 3.01. The molecule has 1 rings (SSSR count). The Kier molecular flexibility index (Phi) is 8.57. The Morgan fingerprint density at radius 1 is 1.24 bits per heavy atom. The van der Waals surface area contributed by atoms with E-state index in [0.29, 0.717) is 36.2 Å². The highest BCUT2D eigenvalue weighted by Crippen LogP contribution is 2.28. The van der Waals surface area contributed by atoms with Crippen LogP contribution in [-0.4, -0.2) is 70.1 Å². The zero-order valence-electron chi connectivity index (χ0n) is 15.5. The Hall–Kier alpha value is -1.42. The molecule has 0 atom stereocenters. The van der Waals surface area contributed by atoms with E-state index in [0.717, 1.165) is 6.54 Å². The third-order valence-electron chi connectivity index (χ3n) is 3.61. The molecule has 0 saturated carbocycles. The first-order valence-corrected chi connectivity index (χ1v) is 9.98. The van der Waals surface area contributed by atoms with Crippen molar-refractivity contribution in [1.29, 1.82) is 0 Å². The molecule has 0 aromatic heterocycles. The summed E-state index contributed by atoms with van der Waals surface area (Å²) in [7, 11) is 1.93. The molecule has 2 N–H and O–H groups in total. The van der Waals surface area contributed by atoms with Crippen LogP contribution in [0.5, 0.6) is 5.75 Å². The van der Waals surface area contributed by atoms with Gasteiger partial charge in [0.15, 0.2) is 5.11 Å². The molecule has 0 fully saturated rings. The molecule has 0 aliphatic heterocycles. The predicted octanol–water partition coefficient (Wildman–Crippen LogP) is 1.57. The van der Waals surface area contributed by atoms with Crippen LogP contribution in [0, 0.1) is 0 Å². The second-order valence-electron chi connectivity index (χ2n) is 5.64. The molecular weight excluding hydrogens is 360 g/mol. The minimum Gasteiger partial charge on any atom is -0.495 e. The van der Waals surface area contributed by atoms with E-state index in [-0.39, 0.29) is 4.90 Å². The Morgan fingerprint density at radius 2 is 1.88 bits per heavy atom. The van der Waals surface area contributed by atoms with Gasteiger partial charge in [0.1, 0.15) is 5.75 Å². The van der Waals surface area contributed by atoms with Crippen LogP contribution in [0.3, 0.4) is 0 Å². The summed E-state index contributed by atoms with van der Waals surface area (Å²) in [5.74, 6) is 0.523. The van der Waals surface area contributed by atoms with Gasteiger partial charge in [0, 0.05) is 26.2 Å². The first-order valence-electron chi connectivity index (χ1n) is 8.14. The van der Waals surface area contributed by atoms with E-state index in [1.54, 1.807) is 18.2 Å². The van der Waals surface area contributed by atoms with Gasteiger partial charge in [-0.2, -0.15) is 4.31 Å². The Morgan fingerprint density at radius 3 is 2.40 bits per heavy atom. The first-order chi connectivity index (χ1) is 11.8. The highest BCUT2D eigenvalue weighted by molar-refractivity contribution is 7.89. The second-order valence-corrected chi connectivity index (χ2v) is 7.98. The van der Waals surface area contributed by atoms with Crippen LogP contribution >= 0.6 is 12.2 Å². The van der Waals surface area contributed by atoms with Crippen LogP contribution in [0.15, 0.2) is 23.1 Å². The summed E-state index contributed by atoms with van der Waals surface area (Å²) in [5, 5.41) is 6.51. The van der Waals surface area contributed by atoms with Crippen LogP contribution in [0.4, 0.5) is 5.69 Å². The summed E-state index contributed by atoms with van der Waals surface area (Å²) >= 11 is 5.27. The zero-order chi connectivity index (χ0) is 19.0. The number of methoxy groups -OCH3 is 1. The van der Waals surface area contributed by atoms with E-state index >= 15 is 0 Å². The highest BCUT2D eigenvalue weighted by Gasteiger charge is 2.23. The zero-order valence-corrected chi connectivity index (χ0v) is 17.1. The second kappa shape index (κ2) is 9.91. The summed E-state index contributed by atoms with van der Waals surface area (Å²) in [6.45, 7) is 5.96. The average molecular weight is 389 g/mol. The number of nitrogens with one attached hydrogen (secondary N) is 2. The lowest BCUT2D eigenvalue weighted by molar-refractivity contribution is 0.412. The number of benzene rings is 1. The van der Waals surface area contributed by atoms with Gasteiger partial charge in [-0.3, -0.25) is 0 Å². The van der Waals surface area contributed by atoms with Crippen LogP contribution in [0.25, 0.3) is 0 Å². The molecule has 0 heterocycles. The number of hydrogen-bond acceptors (Lipinski definition) is 5. The Bertz CT molecular complexity index is 674. The number of likely N-dealkylation sites (N-methyl/N-ethyl adjacent to an activating group) is 1. The molecule has 0 radical (unpaired) electrons. The van der Waals surface area contributed by atoms with E-state index in [9.17, 15) is 8.42 Å². The minimum atomic E-state index is -3.55. The number of nitrogens with zero attached hydrogens (tertiary/aromatic N) is 2. The third kappa shape index (κ3) is 6.10. The van der Waals surface area contributed by atoms with Gasteiger partial charge in [0.25, 0.3) is 0 Å². The molecule has 142 valence electrons. The van der Waals surface area contributed by atoms with Gasteiger partial charge >= 0.3 is 0 Å². The maximum absolute atomic E-state index is 12.7. The molecule has 0 aliphatic rings. The number of ether oxygens (including phenoxy) is 1. The maximum atomic E-state index is 12.7. The summed E-state index contributed by atoms with van der Waals surface area (Å²) in [6, 6.07) is 4.72. The van der Waals surface area contributed by atoms with Crippen molar-refractivity contribution in [2.45, 2.75) is 18.7 Å². The van der Waals surface area contributed by atoms with Crippen molar-refractivity contribution in [2.24, 2.45) is 0 Å². The molecule has 25 heavy (non-hydrogen) atoms. The third-order valence-corrected chi connectivity index (χ3v) is 5.90. The van der Waals surface area contributed by atoms with Crippen molar-refractivity contribution >= 4 is 33.0 Å². The van der Waals surface area contributed by atoms with Gasteiger partial charge in [-0.15, -0.1) is 0 Å². The number of thiocarbonyl (C=S) groups is 1. The first kappa shape index (κ1) is 21.6. The quantitative estimate of drug-likeness (QED) is 0.622. The van der Waals surface area contributed by atoms with Crippen molar-refractivity contribution in [3.05, 3.63) is 18.2 Å². The van der Waals surface area contributed by atoms with Crippen molar-refractivity contribution in [2.75, 3.05) is 52.7 Å². The van der Waals surface area contributed by atoms with Crippen molar-refractivity contribution in [3.63, 3.8) is 0 Å². The molecule has 0 amide bonds. The fourth-order valence-corrected chi connectivity index (χ4v) is 3.91. The minimum absolute atomic E-state index is 0.204. The summed E-state index contributed by atoms with van der Waals surface area (Å²) in [5.41, 5.74) is 0.512. The average Bonchev–Trinajstić information content (AvgIpc) is 2.55. The molecule has 1 aromatic rings. The lowest BCUT2D eigenvalue weighted by Crippen LogP contribution is -2.34. The molecule has 9 heteroatoms. The molecule has 1 aromatic carbocycles. The van der Waals surface area contributed by atoms with Gasteiger partial charge in [-0.1, -0.05) is 13.8 Å². The van der Waals surface area contributed by atoms with E-state index in [1.807, 2.05) is 32.8 Å². The predicted molar refractivity (Wildman–Crippen MR) is 106 cm³/mol. The molecule has 0 aliphatic carbocycles. The highest BCUT2D eigenvalue weighted by atomic mass is 32.2. The van der Waals surface area contributed by atoms with Gasteiger partial charge in [0.05, 0.1) is 17.7 Å². The van der Waals surface area contributed by atoms with Gasteiger partial charge in [-0.05, 0) is 44.5 Å². The standard InChI is InChI=1S/C16H28N4O3S2/c1-6-20(7-2)25(21,22)13-8-9-15(23-5)14(12-13)18-16(24)17-10-11-19(3)4/h8-9,12H,6-7,10-11H2,1-5H3,(H2,17,18,24). The van der Waals surface area contributed by atoms with Gasteiger partial charge in [-0.25, -0.2) is 8.42 Å². The Labute approximate surface area is 156 Å². The van der Waals surface area contributed by atoms with Crippen molar-refractivity contribution in [1.82, 2.24) is 14.5 Å². The van der Waals surface area contributed by atoms with E-state index in [1.165, 1.54) is 11.4 Å². The van der Waals surface area contributed by atoms with Gasteiger partial charge < -0.3 is 20.3 Å². The fraction of sp³-hybridized carbons (Fsp3) is 0.562. The molecule has 0 spiro atoms. The van der Waals surface area contributed by atoms with Crippen LogP contribution < -0.4 is 15.4 Å². The fourth-order valence-electron chi connectivity index (χ4n) is 2.22. The van der Waals surface area contributed by atoms with Crippen LogP contribution in [0.1, 0.15) is 13.8 Å². The SMILES string of the molecule is CCN(CC)S(=O)(=O)c1ccc(OC)c(NC(=S)NCCN(C)C)c1. The summed E-state index contributed by atoms with van der Waals surface area (Å²) in [6.07, 6.45) is 0. The number of hydrogen-bond donors (Lipinski definition) is 2. The maximum Gasteiger partial charge on any atom is 0.243 e. The number of anilines is 1. The summed E-state index contributed by atoms with van der Waals surface area (Å²) < 4.78 is 32.1. The normalized spacial score (nSPS) is 11.6. The van der Waals surface area contributed by atoms with Crippen LogP contribution in [-0.2, 0) is 10.0 Å². The molecule has 0 saturated heterocycles. The molecule has 0 bridgehead atoms. The number of sulfonamides is 1. The topological polar surface area (TPSA) is 73.9 Å². The smallest absolute Gasteiger partial charge is 0.243 e. The molecule has 7 nitrogen and oxygen atoms in total. The van der Waals surface area contributed by atoms with E-state index < -0.39 is 10.0 Å².